The van der Waals surface area contributed by atoms with E-state index in [-0.39, 0.29) is 5.96 Å². The average Bonchev–Trinajstić information content (AvgIpc) is 2.57. The third-order valence-electron chi connectivity index (χ3n) is 1.01. The van der Waals surface area contributed by atoms with E-state index in [1.54, 1.807) is 17.6 Å². The second kappa shape index (κ2) is 4.14. The van der Waals surface area contributed by atoms with Gasteiger partial charge in [0.05, 0.1) is 12.5 Å². The monoisotopic (exact) mass is 168 g/mol. The summed E-state index contributed by atoms with van der Waals surface area (Å²) in [5.74, 6) is 0.377. The summed E-state index contributed by atoms with van der Waals surface area (Å²) in [6.45, 7) is 0. The van der Waals surface area contributed by atoms with E-state index >= 15 is 0 Å². The predicted molar refractivity (Wildman–Crippen MR) is 42.8 cm³/mol. The fourth-order valence-electron chi connectivity index (χ4n) is 0.535. The smallest absolute Gasteiger partial charge is 0.237 e. The highest BCUT2D eigenvalue weighted by Crippen LogP contribution is 1.94. The Labute approximate surface area is 68.4 Å². The van der Waals surface area contributed by atoms with E-state index < -0.39 is 0 Å². The van der Waals surface area contributed by atoms with E-state index in [2.05, 4.69) is 10.2 Å². The number of hydroxylamine groups is 1. The molecule has 1 aromatic heterocycles. The largest absolute Gasteiger partial charge is 0.463 e. The van der Waals surface area contributed by atoms with Crippen LogP contribution in [-0.2, 0) is 0 Å². The van der Waals surface area contributed by atoms with Crippen LogP contribution >= 0.6 is 0 Å². The van der Waals surface area contributed by atoms with Crippen LogP contribution in [0.2, 0.25) is 0 Å². The number of rotatable bonds is 2. The van der Waals surface area contributed by atoms with Crippen molar-refractivity contribution in [1.29, 1.82) is 0 Å². The second-order valence-electron chi connectivity index (χ2n) is 1.86. The molecule has 0 amide bonds. The lowest BCUT2D eigenvalue weighted by Gasteiger charge is -1.89. The topological polar surface area (TPSA) is 96.1 Å². The van der Waals surface area contributed by atoms with Crippen LogP contribution in [0.1, 0.15) is 5.76 Å². The third kappa shape index (κ3) is 2.43. The molecule has 0 bridgehead atoms. The molecular weight excluding hydrogens is 160 g/mol. The van der Waals surface area contributed by atoms with Crippen LogP contribution in [0.4, 0.5) is 0 Å². The maximum atomic E-state index is 8.19. The number of guanidine groups is 1. The van der Waals surface area contributed by atoms with Crippen molar-refractivity contribution >= 4 is 12.2 Å². The fraction of sp³-hybridized carbons (Fsp3) is 0. The van der Waals surface area contributed by atoms with Crippen LogP contribution in [0, 0.1) is 0 Å². The first-order valence-electron chi connectivity index (χ1n) is 3.13. The van der Waals surface area contributed by atoms with E-state index in [0.717, 1.165) is 0 Å². The summed E-state index contributed by atoms with van der Waals surface area (Å²) in [4.78, 5) is 0. The van der Waals surface area contributed by atoms with Crippen LogP contribution in [0.5, 0.6) is 0 Å². The van der Waals surface area contributed by atoms with Crippen LogP contribution in [0.25, 0.3) is 0 Å². The van der Waals surface area contributed by atoms with Gasteiger partial charge in [-0.2, -0.15) is 5.10 Å². The Morgan fingerprint density at radius 1 is 1.75 bits per heavy atom. The molecule has 0 aliphatic rings. The zero-order valence-electron chi connectivity index (χ0n) is 6.14. The van der Waals surface area contributed by atoms with E-state index in [9.17, 15) is 0 Å². The molecule has 0 aromatic carbocycles. The molecule has 0 saturated carbocycles. The maximum absolute atomic E-state index is 8.19. The Bertz CT molecular complexity index is 278. The SMILES string of the molecule is N/C(=N\N=C\c1ccco1)NO. The molecule has 0 atom stereocenters. The molecule has 6 heteroatoms. The fourth-order valence-corrected chi connectivity index (χ4v) is 0.535. The summed E-state index contributed by atoms with van der Waals surface area (Å²) in [6.07, 6.45) is 2.88. The summed E-state index contributed by atoms with van der Waals surface area (Å²) >= 11 is 0. The molecule has 0 radical (unpaired) electrons. The van der Waals surface area contributed by atoms with Crippen molar-refractivity contribution in [2.75, 3.05) is 0 Å². The lowest BCUT2D eigenvalue weighted by atomic mass is 10.5. The zero-order valence-corrected chi connectivity index (χ0v) is 6.14. The minimum Gasteiger partial charge on any atom is -0.463 e. The molecule has 1 rings (SSSR count). The quantitative estimate of drug-likeness (QED) is 0.326. The van der Waals surface area contributed by atoms with Crippen molar-refractivity contribution in [3.63, 3.8) is 0 Å². The first-order valence-corrected chi connectivity index (χ1v) is 3.13. The summed E-state index contributed by atoms with van der Waals surface area (Å²) in [5, 5.41) is 15.1. The number of hydrogen-bond acceptors (Lipinski definition) is 4. The average molecular weight is 168 g/mol. The van der Waals surface area contributed by atoms with Crippen LogP contribution in [-0.4, -0.2) is 17.4 Å². The van der Waals surface area contributed by atoms with Crippen molar-refractivity contribution in [3.8, 4) is 0 Å². The van der Waals surface area contributed by atoms with Crippen molar-refractivity contribution in [2.45, 2.75) is 0 Å². The van der Waals surface area contributed by atoms with Gasteiger partial charge in [-0.15, -0.1) is 5.10 Å². The van der Waals surface area contributed by atoms with Crippen molar-refractivity contribution in [1.82, 2.24) is 5.48 Å². The Morgan fingerprint density at radius 2 is 2.58 bits per heavy atom. The van der Waals surface area contributed by atoms with Crippen molar-refractivity contribution in [3.05, 3.63) is 24.2 Å². The Hall–Kier alpha value is -1.82. The van der Waals surface area contributed by atoms with Gasteiger partial charge in [-0.1, -0.05) is 0 Å². The highest BCUT2D eigenvalue weighted by Gasteiger charge is 1.87. The van der Waals surface area contributed by atoms with Gasteiger partial charge in [0.15, 0.2) is 0 Å². The Morgan fingerprint density at radius 3 is 3.17 bits per heavy atom. The summed E-state index contributed by atoms with van der Waals surface area (Å²) in [5.41, 5.74) is 6.69. The van der Waals surface area contributed by atoms with Gasteiger partial charge in [0.1, 0.15) is 5.76 Å². The lowest BCUT2D eigenvalue weighted by Crippen LogP contribution is -2.27. The van der Waals surface area contributed by atoms with E-state index in [0.29, 0.717) is 5.76 Å². The van der Waals surface area contributed by atoms with Crippen LogP contribution < -0.4 is 11.2 Å². The molecule has 12 heavy (non-hydrogen) atoms. The van der Waals surface area contributed by atoms with E-state index in [4.69, 9.17) is 15.4 Å². The van der Waals surface area contributed by atoms with Crippen LogP contribution in [0.3, 0.4) is 0 Å². The number of hydrogen-bond donors (Lipinski definition) is 3. The highest BCUT2D eigenvalue weighted by atomic mass is 16.5. The van der Waals surface area contributed by atoms with Gasteiger partial charge in [0.25, 0.3) is 0 Å². The third-order valence-corrected chi connectivity index (χ3v) is 1.01. The standard InChI is InChI=1S/C6H8N4O2/c7-6(10-11)9-8-4-5-2-1-3-12-5/h1-4,11H,(H3,7,9,10)/b8-4+. The van der Waals surface area contributed by atoms with Gasteiger partial charge in [0.2, 0.25) is 5.96 Å². The van der Waals surface area contributed by atoms with Gasteiger partial charge in [-0.05, 0) is 12.1 Å². The van der Waals surface area contributed by atoms with E-state index in [1.165, 1.54) is 12.5 Å². The lowest BCUT2D eigenvalue weighted by molar-refractivity contribution is 0.232. The Kier molecular flexibility index (Phi) is 2.86. The van der Waals surface area contributed by atoms with Gasteiger partial charge < -0.3 is 10.2 Å². The summed E-state index contributed by atoms with van der Waals surface area (Å²) in [6, 6.07) is 3.43. The van der Waals surface area contributed by atoms with Gasteiger partial charge >= 0.3 is 0 Å². The second-order valence-corrected chi connectivity index (χ2v) is 1.86. The molecule has 6 nitrogen and oxygen atoms in total. The molecule has 1 heterocycles. The predicted octanol–water partition coefficient (Wildman–Crippen LogP) is -0.0930. The number of nitrogens with zero attached hydrogens (tertiary/aromatic N) is 2. The van der Waals surface area contributed by atoms with Crippen molar-refractivity contribution < 1.29 is 9.62 Å². The number of nitrogens with two attached hydrogens (primary N) is 1. The number of furan rings is 1. The molecular formula is C6H8N4O2. The summed E-state index contributed by atoms with van der Waals surface area (Å²) < 4.78 is 4.91. The normalized spacial score (nSPS) is 12.2. The minimum absolute atomic E-state index is 0.183. The first-order chi connectivity index (χ1) is 5.83. The number of nitrogens with one attached hydrogen (secondary N) is 1. The molecule has 0 aliphatic heterocycles. The molecule has 0 spiro atoms. The van der Waals surface area contributed by atoms with E-state index in [1.807, 2.05) is 0 Å². The maximum Gasteiger partial charge on any atom is 0.237 e. The molecule has 0 aliphatic carbocycles. The molecule has 4 N–H and O–H groups in total. The minimum atomic E-state index is -0.183. The van der Waals surface area contributed by atoms with Crippen LogP contribution in [0.15, 0.2) is 33.0 Å². The first kappa shape index (κ1) is 8.28. The Balaban J connectivity index is 2.52. The highest BCUT2D eigenvalue weighted by molar-refractivity contribution is 5.79. The summed E-state index contributed by atoms with van der Waals surface area (Å²) in [7, 11) is 0. The van der Waals surface area contributed by atoms with Gasteiger partial charge in [-0.3, -0.25) is 5.21 Å². The van der Waals surface area contributed by atoms with Crippen molar-refractivity contribution in [2.24, 2.45) is 15.9 Å². The molecule has 1 aromatic rings. The molecule has 0 unspecified atom stereocenters. The molecule has 0 fully saturated rings. The zero-order chi connectivity index (χ0) is 8.81. The van der Waals surface area contributed by atoms with Gasteiger partial charge in [-0.25, -0.2) is 5.48 Å². The molecule has 64 valence electrons. The molecule has 0 saturated heterocycles. The van der Waals surface area contributed by atoms with Gasteiger partial charge in [0, 0.05) is 0 Å².